The molecule has 42 heavy (non-hydrogen) atoms. The largest absolute Gasteiger partial charge is 0.490 e. The number of halogens is 3. The van der Waals surface area contributed by atoms with Crippen LogP contribution < -0.4 is 14.8 Å². The minimum absolute atomic E-state index is 0.151. The van der Waals surface area contributed by atoms with Gasteiger partial charge >= 0.3 is 12.1 Å². The number of benzene rings is 3. The van der Waals surface area contributed by atoms with E-state index in [-0.39, 0.29) is 18.6 Å². The van der Waals surface area contributed by atoms with E-state index in [0.717, 1.165) is 49.4 Å². The molecule has 2 heterocycles. The van der Waals surface area contributed by atoms with Gasteiger partial charge in [0.2, 0.25) is 12.7 Å². The molecule has 2 N–H and O–H groups in total. The van der Waals surface area contributed by atoms with Gasteiger partial charge in [0.1, 0.15) is 0 Å². The van der Waals surface area contributed by atoms with Crippen LogP contribution in [-0.2, 0) is 22.7 Å². The molecular weight excluding hydrogens is 555 g/mol. The Labute approximate surface area is 240 Å². The molecule has 0 aromatic heterocycles. The first-order valence-corrected chi connectivity index (χ1v) is 13.1. The van der Waals surface area contributed by atoms with Crippen molar-refractivity contribution in [3.05, 3.63) is 83.4 Å². The first kappa shape index (κ1) is 30.4. The monoisotopic (exact) mass is 585 g/mol. The molecule has 5 rings (SSSR count). The van der Waals surface area contributed by atoms with Crippen LogP contribution in [0.3, 0.4) is 0 Å². The summed E-state index contributed by atoms with van der Waals surface area (Å²) < 4.78 is 42.4. The standard InChI is InChI=1S/C28H29N3O4.C2HF3O2/c1-20(32)31-12-10-30(11-13-31)18-22-5-3-7-24(15-22)23-6-2-4-21(14-23)17-29-28(33)25-8-9-26-27(16-25)35-19-34-26;3-2(4,5)1(6)7/h2-9,14-16H,10-13,17-19H2,1H3,(H,29,33);(H,6,7). The van der Waals surface area contributed by atoms with E-state index in [1.807, 2.05) is 17.0 Å². The van der Waals surface area contributed by atoms with Crippen molar-refractivity contribution in [3.63, 3.8) is 0 Å². The molecule has 0 radical (unpaired) electrons. The summed E-state index contributed by atoms with van der Waals surface area (Å²) in [4.78, 5) is 37.4. The first-order valence-electron chi connectivity index (χ1n) is 13.1. The van der Waals surface area contributed by atoms with Crippen LogP contribution in [0.15, 0.2) is 66.7 Å². The van der Waals surface area contributed by atoms with Gasteiger partial charge in [0.25, 0.3) is 5.91 Å². The number of piperazine rings is 1. The molecule has 222 valence electrons. The van der Waals surface area contributed by atoms with Crippen LogP contribution in [0.5, 0.6) is 11.5 Å². The Bertz CT molecular complexity index is 1440. The third-order valence-corrected chi connectivity index (χ3v) is 6.74. The van der Waals surface area contributed by atoms with Gasteiger partial charge in [0.15, 0.2) is 11.5 Å². The second-order valence-corrected chi connectivity index (χ2v) is 9.74. The van der Waals surface area contributed by atoms with Gasteiger partial charge in [0, 0.05) is 51.8 Å². The zero-order chi connectivity index (χ0) is 30.3. The second-order valence-electron chi connectivity index (χ2n) is 9.74. The van der Waals surface area contributed by atoms with Gasteiger partial charge in [-0.3, -0.25) is 14.5 Å². The Morgan fingerprint density at radius 1 is 0.857 bits per heavy atom. The number of hydrogen-bond donors (Lipinski definition) is 2. The molecule has 1 saturated heterocycles. The molecule has 0 atom stereocenters. The predicted molar refractivity (Wildman–Crippen MR) is 147 cm³/mol. The molecule has 0 unspecified atom stereocenters. The van der Waals surface area contributed by atoms with E-state index in [2.05, 4.69) is 46.6 Å². The smallest absolute Gasteiger partial charge is 0.475 e. The van der Waals surface area contributed by atoms with Gasteiger partial charge in [-0.15, -0.1) is 0 Å². The van der Waals surface area contributed by atoms with Gasteiger partial charge in [0.05, 0.1) is 0 Å². The molecule has 3 aromatic rings. The predicted octanol–water partition coefficient (Wildman–Crippen LogP) is 4.31. The highest BCUT2D eigenvalue weighted by Gasteiger charge is 2.38. The summed E-state index contributed by atoms with van der Waals surface area (Å²) >= 11 is 0. The number of carbonyl (C=O) groups excluding carboxylic acids is 2. The number of alkyl halides is 3. The number of aliphatic carboxylic acids is 1. The van der Waals surface area contributed by atoms with Crippen molar-refractivity contribution in [2.45, 2.75) is 26.2 Å². The number of carboxylic acids is 1. The molecule has 0 bridgehead atoms. The maximum atomic E-state index is 12.6. The lowest BCUT2D eigenvalue weighted by atomic mass is 10.0. The number of rotatable bonds is 6. The highest BCUT2D eigenvalue weighted by Crippen LogP contribution is 2.32. The topological polar surface area (TPSA) is 108 Å². The lowest BCUT2D eigenvalue weighted by Crippen LogP contribution is -2.47. The van der Waals surface area contributed by atoms with Gasteiger partial charge < -0.3 is 24.8 Å². The molecule has 2 aliphatic heterocycles. The number of carboxylic acid groups (broad SMARTS) is 1. The molecule has 3 aromatic carbocycles. The highest BCUT2D eigenvalue weighted by molar-refractivity contribution is 5.94. The van der Waals surface area contributed by atoms with E-state index in [1.54, 1.807) is 25.1 Å². The van der Waals surface area contributed by atoms with Crippen molar-refractivity contribution in [3.8, 4) is 22.6 Å². The number of carbonyl (C=O) groups is 3. The summed E-state index contributed by atoms with van der Waals surface area (Å²) in [6.45, 7) is 6.47. The minimum Gasteiger partial charge on any atom is -0.475 e. The number of ether oxygens (including phenoxy) is 2. The highest BCUT2D eigenvalue weighted by atomic mass is 19.4. The number of nitrogens with zero attached hydrogens (tertiary/aromatic N) is 2. The fourth-order valence-corrected chi connectivity index (χ4v) is 4.51. The van der Waals surface area contributed by atoms with E-state index in [0.29, 0.717) is 23.6 Å². The van der Waals surface area contributed by atoms with E-state index >= 15 is 0 Å². The van der Waals surface area contributed by atoms with Crippen molar-refractivity contribution in [2.75, 3.05) is 33.0 Å². The normalized spacial score (nSPS) is 14.5. The average Bonchev–Trinajstić information content (AvgIpc) is 3.44. The first-order chi connectivity index (χ1) is 20.0. The molecule has 9 nitrogen and oxygen atoms in total. The maximum Gasteiger partial charge on any atom is 0.490 e. The van der Waals surface area contributed by atoms with Gasteiger partial charge in [-0.25, -0.2) is 4.79 Å². The summed E-state index contributed by atoms with van der Waals surface area (Å²) in [6, 6.07) is 22.0. The Morgan fingerprint density at radius 2 is 1.45 bits per heavy atom. The zero-order valence-electron chi connectivity index (χ0n) is 22.8. The van der Waals surface area contributed by atoms with E-state index in [1.165, 1.54) is 5.56 Å². The van der Waals surface area contributed by atoms with Crippen LogP contribution in [0.4, 0.5) is 13.2 Å². The SMILES string of the molecule is CC(=O)N1CCN(Cc2cccc(-c3cccc(CNC(=O)c4ccc5c(c4)OCO5)c3)c2)CC1.O=C(O)C(F)(F)F. The fraction of sp³-hybridized carbons (Fsp3) is 0.300. The summed E-state index contributed by atoms with van der Waals surface area (Å²) in [5.41, 5.74) is 5.08. The summed E-state index contributed by atoms with van der Waals surface area (Å²) in [5, 5.41) is 10.1. The number of fused-ring (bicyclic) bond motifs is 1. The number of hydrogen-bond acceptors (Lipinski definition) is 6. The van der Waals surface area contributed by atoms with Crippen molar-refractivity contribution in [1.82, 2.24) is 15.1 Å². The van der Waals surface area contributed by atoms with Crippen LogP contribution in [0, 0.1) is 0 Å². The molecular formula is C30H30F3N3O6. The Hall–Kier alpha value is -4.58. The molecule has 0 saturated carbocycles. The van der Waals surface area contributed by atoms with Crippen LogP contribution in [0.2, 0.25) is 0 Å². The van der Waals surface area contributed by atoms with Gasteiger partial charge in [-0.2, -0.15) is 13.2 Å². The van der Waals surface area contributed by atoms with Crippen LogP contribution >= 0.6 is 0 Å². The Morgan fingerprint density at radius 3 is 2.07 bits per heavy atom. The van der Waals surface area contributed by atoms with Crippen LogP contribution in [-0.4, -0.2) is 71.8 Å². The van der Waals surface area contributed by atoms with Crippen molar-refractivity contribution < 1.29 is 42.1 Å². The molecule has 2 aliphatic rings. The summed E-state index contributed by atoms with van der Waals surface area (Å²) in [5.74, 6) is -1.50. The van der Waals surface area contributed by atoms with Crippen molar-refractivity contribution in [2.24, 2.45) is 0 Å². The number of amides is 2. The number of nitrogens with one attached hydrogen (secondary N) is 1. The molecule has 1 fully saturated rings. The zero-order valence-corrected chi connectivity index (χ0v) is 22.8. The van der Waals surface area contributed by atoms with Crippen LogP contribution in [0.25, 0.3) is 11.1 Å². The fourth-order valence-electron chi connectivity index (χ4n) is 4.51. The molecule has 12 heteroatoms. The minimum atomic E-state index is -5.08. The third-order valence-electron chi connectivity index (χ3n) is 6.74. The average molecular weight is 586 g/mol. The Kier molecular flexibility index (Phi) is 9.68. The molecule has 0 spiro atoms. The van der Waals surface area contributed by atoms with E-state index in [9.17, 15) is 22.8 Å². The quantitative estimate of drug-likeness (QED) is 0.444. The van der Waals surface area contributed by atoms with Gasteiger partial charge in [-0.1, -0.05) is 36.4 Å². The third kappa shape index (κ3) is 8.23. The Balaban J connectivity index is 0.000000517. The van der Waals surface area contributed by atoms with Crippen LogP contribution in [0.1, 0.15) is 28.4 Å². The van der Waals surface area contributed by atoms with Gasteiger partial charge in [-0.05, 0) is 52.6 Å². The lowest BCUT2D eigenvalue weighted by Gasteiger charge is -2.34. The van der Waals surface area contributed by atoms with E-state index < -0.39 is 12.1 Å². The molecule has 2 amide bonds. The lowest BCUT2D eigenvalue weighted by molar-refractivity contribution is -0.192. The van der Waals surface area contributed by atoms with Crippen molar-refractivity contribution in [1.29, 1.82) is 0 Å². The van der Waals surface area contributed by atoms with Crippen molar-refractivity contribution >= 4 is 17.8 Å². The molecule has 0 aliphatic carbocycles. The second kappa shape index (κ2) is 13.4. The van der Waals surface area contributed by atoms with E-state index in [4.69, 9.17) is 19.4 Å². The maximum absolute atomic E-state index is 12.6. The summed E-state index contributed by atoms with van der Waals surface area (Å²) in [6.07, 6.45) is -5.08. The summed E-state index contributed by atoms with van der Waals surface area (Å²) in [7, 11) is 0.